The Morgan fingerprint density at radius 2 is 1.75 bits per heavy atom. The van der Waals surface area contributed by atoms with Crippen LogP contribution in [-0.4, -0.2) is 16.2 Å². The molecule has 0 bridgehead atoms. The fourth-order valence-corrected chi connectivity index (χ4v) is 2.16. The van der Waals surface area contributed by atoms with E-state index in [9.17, 15) is 9.90 Å². The van der Waals surface area contributed by atoms with Gasteiger partial charge in [-0.05, 0) is 29.8 Å². The van der Waals surface area contributed by atoms with E-state index in [0.717, 1.165) is 16.8 Å². The van der Waals surface area contributed by atoms with Gasteiger partial charge < -0.3 is 9.84 Å². The lowest BCUT2D eigenvalue weighted by molar-refractivity contribution is 0.155. The molecule has 5 nitrogen and oxygen atoms in total. The average molecular weight is 320 g/mol. The standard InChI is InChI=1S/C19H16N2O3/c22-17-10-11-18(20-12-17)15-6-8-16(9-7-15)21-19(23)24-13-14-4-2-1-3-5-14/h1-12,22H,13H2,(H,21,23). The van der Waals surface area contributed by atoms with Crippen LogP contribution in [0.2, 0.25) is 0 Å². The molecular formula is C19H16N2O3. The smallest absolute Gasteiger partial charge is 0.411 e. The van der Waals surface area contributed by atoms with Crippen LogP contribution in [0.5, 0.6) is 5.75 Å². The van der Waals surface area contributed by atoms with Gasteiger partial charge in [0.2, 0.25) is 0 Å². The molecule has 1 heterocycles. The number of nitrogens with one attached hydrogen (secondary N) is 1. The van der Waals surface area contributed by atoms with Gasteiger partial charge in [-0.15, -0.1) is 0 Å². The van der Waals surface area contributed by atoms with Crippen LogP contribution < -0.4 is 5.32 Å². The molecule has 1 amide bonds. The monoisotopic (exact) mass is 320 g/mol. The van der Waals surface area contributed by atoms with Crippen LogP contribution in [0.25, 0.3) is 11.3 Å². The van der Waals surface area contributed by atoms with Crippen molar-refractivity contribution in [3.63, 3.8) is 0 Å². The van der Waals surface area contributed by atoms with Crippen molar-refractivity contribution in [2.24, 2.45) is 0 Å². The Balaban J connectivity index is 1.57. The highest BCUT2D eigenvalue weighted by Crippen LogP contribution is 2.21. The third-order valence-electron chi connectivity index (χ3n) is 3.39. The second-order valence-electron chi connectivity index (χ2n) is 5.17. The minimum Gasteiger partial charge on any atom is -0.506 e. The Bertz CT molecular complexity index is 800. The van der Waals surface area contributed by atoms with E-state index in [4.69, 9.17) is 4.74 Å². The van der Waals surface area contributed by atoms with Gasteiger partial charge in [-0.2, -0.15) is 0 Å². The Morgan fingerprint density at radius 3 is 2.42 bits per heavy atom. The molecule has 24 heavy (non-hydrogen) atoms. The topological polar surface area (TPSA) is 71.5 Å². The average Bonchev–Trinajstić information content (AvgIpc) is 2.62. The van der Waals surface area contributed by atoms with E-state index < -0.39 is 6.09 Å². The molecule has 0 radical (unpaired) electrons. The van der Waals surface area contributed by atoms with Crippen molar-refractivity contribution >= 4 is 11.8 Å². The van der Waals surface area contributed by atoms with E-state index in [-0.39, 0.29) is 12.4 Å². The summed E-state index contributed by atoms with van der Waals surface area (Å²) < 4.78 is 5.17. The number of aromatic nitrogens is 1. The number of carbonyl (C=O) groups is 1. The molecule has 2 N–H and O–H groups in total. The first-order valence-electron chi connectivity index (χ1n) is 7.44. The summed E-state index contributed by atoms with van der Waals surface area (Å²) in [6.45, 7) is 0.224. The maximum atomic E-state index is 11.8. The molecule has 0 saturated heterocycles. The van der Waals surface area contributed by atoms with Gasteiger partial charge in [-0.3, -0.25) is 10.3 Å². The van der Waals surface area contributed by atoms with Crippen molar-refractivity contribution in [1.29, 1.82) is 0 Å². The van der Waals surface area contributed by atoms with Crippen molar-refractivity contribution < 1.29 is 14.6 Å². The maximum absolute atomic E-state index is 11.8. The molecule has 2 aromatic carbocycles. The summed E-state index contributed by atoms with van der Waals surface area (Å²) in [7, 11) is 0. The first kappa shape index (κ1) is 15.6. The van der Waals surface area contributed by atoms with Crippen LogP contribution >= 0.6 is 0 Å². The van der Waals surface area contributed by atoms with Crippen LogP contribution in [0.4, 0.5) is 10.5 Å². The number of carbonyl (C=O) groups excluding carboxylic acids is 1. The fraction of sp³-hybridized carbons (Fsp3) is 0.0526. The molecule has 0 fully saturated rings. The molecule has 0 atom stereocenters. The summed E-state index contributed by atoms with van der Waals surface area (Å²) >= 11 is 0. The van der Waals surface area contributed by atoms with Gasteiger partial charge in [0.25, 0.3) is 0 Å². The SMILES string of the molecule is O=C(Nc1ccc(-c2ccc(O)cn2)cc1)OCc1ccccc1. The van der Waals surface area contributed by atoms with Gasteiger partial charge in [0.05, 0.1) is 11.9 Å². The van der Waals surface area contributed by atoms with Gasteiger partial charge in [0, 0.05) is 11.3 Å². The Morgan fingerprint density at radius 1 is 1.00 bits per heavy atom. The predicted molar refractivity (Wildman–Crippen MR) is 91.6 cm³/mol. The second kappa shape index (κ2) is 7.28. The van der Waals surface area contributed by atoms with E-state index in [1.165, 1.54) is 6.20 Å². The molecule has 0 unspecified atom stereocenters. The number of hydrogen-bond acceptors (Lipinski definition) is 4. The number of hydrogen-bond donors (Lipinski definition) is 2. The van der Waals surface area contributed by atoms with Crippen LogP contribution in [0.3, 0.4) is 0 Å². The number of nitrogens with zero attached hydrogens (tertiary/aromatic N) is 1. The third-order valence-corrected chi connectivity index (χ3v) is 3.39. The largest absolute Gasteiger partial charge is 0.506 e. The molecular weight excluding hydrogens is 304 g/mol. The number of ether oxygens (including phenoxy) is 1. The van der Waals surface area contributed by atoms with E-state index >= 15 is 0 Å². The Hall–Kier alpha value is -3.34. The van der Waals surface area contributed by atoms with Crippen LogP contribution in [0, 0.1) is 0 Å². The van der Waals surface area contributed by atoms with Crippen molar-refractivity contribution in [3.05, 3.63) is 78.5 Å². The van der Waals surface area contributed by atoms with Crippen LogP contribution in [-0.2, 0) is 11.3 Å². The molecule has 3 rings (SSSR count). The lowest BCUT2D eigenvalue weighted by Gasteiger charge is -2.08. The quantitative estimate of drug-likeness (QED) is 0.755. The van der Waals surface area contributed by atoms with Crippen molar-refractivity contribution in [2.45, 2.75) is 6.61 Å². The first-order valence-corrected chi connectivity index (χ1v) is 7.44. The highest BCUT2D eigenvalue weighted by Gasteiger charge is 2.05. The summed E-state index contributed by atoms with van der Waals surface area (Å²) in [4.78, 5) is 15.9. The minimum absolute atomic E-state index is 0.123. The van der Waals surface area contributed by atoms with Crippen molar-refractivity contribution in [1.82, 2.24) is 4.98 Å². The Kier molecular flexibility index (Phi) is 4.72. The van der Waals surface area contributed by atoms with E-state index in [1.54, 1.807) is 24.3 Å². The lowest BCUT2D eigenvalue weighted by atomic mass is 10.1. The second-order valence-corrected chi connectivity index (χ2v) is 5.17. The molecule has 120 valence electrons. The van der Waals surface area contributed by atoms with E-state index in [0.29, 0.717) is 5.69 Å². The fourth-order valence-electron chi connectivity index (χ4n) is 2.16. The maximum Gasteiger partial charge on any atom is 0.411 e. The van der Waals surface area contributed by atoms with Gasteiger partial charge in [-0.25, -0.2) is 4.79 Å². The lowest BCUT2D eigenvalue weighted by Crippen LogP contribution is -2.13. The number of pyridine rings is 1. The molecule has 0 saturated carbocycles. The molecule has 0 spiro atoms. The molecule has 1 aromatic heterocycles. The van der Waals surface area contributed by atoms with E-state index in [2.05, 4.69) is 10.3 Å². The summed E-state index contributed by atoms with van der Waals surface area (Å²) in [6.07, 6.45) is 0.886. The number of rotatable bonds is 4. The zero-order valence-electron chi connectivity index (χ0n) is 12.8. The van der Waals surface area contributed by atoms with Crippen molar-refractivity contribution in [2.75, 3.05) is 5.32 Å². The molecule has 3 aromatic rings. The number of anilines is 1. The number of benzene rings is 2. The van der Waals surface area contributed by atoms with Gasteiger partial charge in [0.1, 0.15) is 12.4 Å². The predicted octanol–water partition coefficient (Wildman–Crippen LogP) is 4.20. The normalized spacial score (nSPS) is 10.2. The van der Waals surface area contributed by atoms with Gasteiger partial charge in [0.15, 0.2) is 0 Å². The summed E-state index contributed by atoms with van der Waals surface area (Å²) in [6, 6.07) is 20.0. The van der Waals surface area contributed by atoms with Crippen LogP contribution in [0.15, 0.2) is 72.9 Å². The summed E-state index contributed by atoms with van der Waals surface area (Å²) in [5.41, 5.74) is 3.20. The summed E-state index contributed by atoms with van der Waals surface area (Å²) in [5.74, 6) is 0.123. The molecule has 0 aliphatic heterocycles. The first-order chi connectivity index (χ1) is 11.7. The zero-order chi connectivity index (χ0) is 16.8. The molecule has 5 heteroatoms. The van der Waals surface area contributed by atoms with Gasteiger partial charge >= 0.3 is 6.09 Å². The third kappa shape index (κ3) is 4.10. The minimum atomic E-state index is -0.505. The highest BCUT2D eigenvalue weighted by molar-refractivity contribution is 5.85. The zero-order valence-corrected chi connectivity index (χ0v) is 12.8. The van der Waals surface area contributed by atoms with E-state index in [1.807, 2.05) is 42.5 Å². The highest BCUT2D eigenvalue weighted by atomic mass is 16.5. The Labute approximate surface area is 139 Å². The summed E-state index contributed by atoms with van der Waals surface area (Å²) in [5, 5.41) is 11.9. The van der Waals surface area contributed by atoms with Crippen molar-refractivity contribution in [3.8, 4) is 17.0 Å². The molecule has 0 aliphatic carbocycles. The number of aromatic hydroxyl groups is 1. The molecule has 0 aliphatic rings. The van der Waals surface area contributed by atoms with Gasteiger partial charge in [-0.1, -0.05) is 42.5 Å². The number of amides is 1. The van der Waals surface area contributed by atoms with Crippen LogP contribution in [0.1, 0.15) is 5.56 Å².